The summed E-state index contributed by atoms with van der Waals surface area (Å²) in [5, 5.41) is 5.83. The first-order chi connectivity index (χ1) is 18.9. The van der Waals surface area contributed by atoms with Crippen LogP contribution in [0.1, 0.15) is 22.4 Å². The van der Waals surface area contributed by atoms with Gasteiger partial charge in [-0.25, -0.2) is 23.1 Å². The quantitative estimate of drug-likeness (QED) is 0.311. The summed E-state index contributed by atoms with van der Waals surface area (Å²) in [4.78, 5) is 27.1. The first-order valence-electron chi connectivity index (χ1n) is 12.2. The van der Waals surface area contributed by atoms with E-state index in [4.69, 9.17) is 4.98 Å². The van der Waals surface area contributed by atoms with E-state index in [1.54, 1.807) is 58.2 Å². The van der Waals surface area contributed by atoms with Gasteiger partial charge in [0.2, 0.25) is 0 Å². The van der Waals surface area contributed by atoms with Crippen molar-refractivity contribution in [2.24, 2.45) is 12.0 Å². The molecule has 1 aliphatic rings. The van der Waals surface area contributed by atoms with Gasteiger partial charge in [-0.05, 0) is 23.3 Å². The Morgan fingerprint density at radius 2 is 1.92 bits per heavy atom. The standard InChI is InChI=1S/C27H21N7O3S2/c1-32-23-22(12-30-34(26(23)35)13-18-7-5-6-17-10-28-11-21(17)18)24-25(32)31-27(38-24)33-14-19(29-16-33)15-39(36,37)20-8-3-2-4-9-20/h2-9,11-12,14,16H,10,13,15H2,1H3. The van der Waals surface area contributed by atoms with Crippen molar-refractivity contribution in [1.29, 1.82) is 0 Å². The highest BCUT2D eigenvalue weighted by atomic mass is 32.2. The molecular formula is C27H21N7O3S2. The molecule has 5 heterocycles. The molecule has 0 bridgehead atoms. The van der Waals surface area contributed by atoms with Crippen molar-refractivity contribution in [2.75, 3.05) is 0 Å². The van der Waals surface area contributed by atoms with Crippen molar-refractivity contribution in [3.63, 3.8) is 0 Å². The summed E-state index contributed by atoms with van der Waals surface area (Å²) >= 11 is 1.40. The van der Waals surface area contributed by atoms with Crippen LogP contribution in [0.5, 0.6) is 0 Å². The van der Waals surface area contributed by atoms with Crippen LogP contribution in [-0.4, -0.2) is 43.5 Å². The highest BCUT2D eigenvalue weighted by molar-refractivity contribution is 7.90. The number of aliphatic imine (C=N–C) groups is 1. The Labute approximate surface area is 226 Å². The molecule has 1 aliphatic heterocycles. The van der Waals surface area contributed by atoms with E-state index >= 15 is 0 Å². The summed E-state index contributed by atoms with van der Waals surface area (Å²) in [5.74, 6) is -0.211. The molecule has 0 unspecified atom stereocenters. The molecule has 2 aromatic carbocycles. The molecule has 7 rings (SSSR count). The van der Waals surface area contributed by atoms with Crippen molar-refractivity contribution < 1.29 is 8.42 Å². The Balaban J connectivity index is 1.22. The predicted molar refractivity (Wildman–Crippen MR) is 149 cm³/mol. The second-order valence-electron chi connectivity index (χ2n) is 9.38. The smallest absolute Gasteiger partial charge is 0.291 e. The maximum absolute atomic E-state index is 13.5. The molecule has 10 nitrogen and oxygen atoms in total. The van der Waals surface area contributed by atoms with Crippen LogP contribution in [-0.2, 0) is 35.7 Å². The van der Waals surface area contributed by atoms with E-state index < -0.39 is 9.84 Å². The zero-order valence-electron chi connectivity index (χ0n) is 20.7. The zero-order chi connectivity index (χ0) is 26.7. The van der Waals surface area contributed by atoms with Gasteiger partial charge in [0.15, 0.2) is 20.6 Å². The third kappa shape index (κ3) is 3.91. The number of hydrogen-bond donors (Lipinski definition) is 0. The minimum absolute atomic E-state index is 0.190. The van der Waals surface area contributed by atoms with Crippen molar-refractivity contribution in [1.82, 2.24) is 28.9 Å². The van der Waals surface area contributed by atoms with E-state index in [2.05, 4.69) is 15.1 Å². The second kappa shape index (κ2) is 8.82. The third-order valence-electron chi connectivity index (χ3n) is 6.90. The summed E-state index contributed by atoms with van der Waals surface area (Å²) in [5.41, 5.74) is 4.63. The fourth-order valence-electron chi connectivity index (χ4n) is 4.95. The van der Waals surface area contributed by atoms with Crippen LogP contribution >= 0.6 is 11.3 Å². The summed E-state index contributed by atoms with van der Waals surface area (Å²) in [7, 11) is -1.70. The minimum atomic E-state index is -3.52. The Morgan fingerprint density at radius 3 is 2.77 bits per heavy atom. The number of benzene rings is 2. The first kappa shape index (κ1) is 23.7. The van der Waals surface area contributed by atoms with Crippen LogP contribution < -0.4 is 5.56 Å². The Kier molecular flexibility index (Phi) is 5.35. The Bertz CT molecular complexity index is 2100. The van der Waals surface area contributed by atoms with Gasteiger partial charge in [-0.3, -0.25) is 14.4 Å². The van der Waals surface area contributed by atoms with Crippen molar-refractivity contribution in [2.45, 2.75) is 23.7 Å². The van der Waals surface area contributed by atoms with Gasteiger partial charge in [0.25, 0.3) is 5.56 Å². The Hall–Kier alpha value is -4.42. The molecule has 6 aromatic rings. The molecule has 0 aliphatic carbocycles. The number of thiazole rings is 1. The van der Waals surface area contributed by atoms with E-state index in [0.717, 1.165) is 26.8 Å². The van der Waals surface area contributed by atoms with Gasteiger partial charge < -0.3 is 4.57 Å². The van der Waals surface area contributed by atoms with Crippen LogP contribution in [0.4, 0.5) is 0 Å². The summed E-state index contributed by atoms with van der Waals surface area (Å²) < 4.78 is 31.3. The molecule has 0 radical (unpaired) electrons. The number of aromatic nitrogens is 6. The summed E-state index contributed by atoms with van der Waals surface area (Å²) in [6, 6.07) is 14.4. The van der Waals surface area contributed by atoms with Gasteiger partial charge >= 0.3 is 0 Å². The van der Waals surface area contributed by atoms with E-state index in [9.17, 15) is 13.2 Å². The molecule has 0 atom stereocenters. The maximum Gasteiger partial charge on any atom is 0.291 e. The number of hydrogen-bond acceptors (Lipinski definition) is 8. The maximum atomic E-state index is 13.5. The molecule has 0 saturated carbocycles. The molecule has 12 heteroatoms. The molecular weight excluding hydrogens is 534 g/mol. The van der Waals surface area contributed by atoms with E-state index in [1.807, 2.05) is 31.5 Å². The fourth-order valence-corrected chi connectivity index (χ4v) is 7.28. The SMILES string of the molecule is Cn1c2nc(-n3cnc(CS(=O)(=O)c4ccccc4)c3)sc2c2cnn(Cc3cccc4c3C=NC4)c(=O)c21. The number of imidazole rings is 1. The molecule has 39 heavy (non-hydrogen) atoms. The molecule has 194 valence electrons. The number of aryl methyl sites for hydroxylation is 1. The second-order valence-corrected chi connectivity index (χ2v) is 12.3. The lowest BCUT2D eigenvalue weighted by atomic mass is 10.0. The lowest BCUT2D eigenvalue weighted by Crippen LogP contribution is -2.25. The van der Waals surface area contributed by atoms with Crippen LogP contribution in [0, 0.1) is 0 Å². The zero-order valence-corrected chi connectivity index (χ0v) is 22.4. The normalized spacial score (nSPS) is 13.1. The molecule has 0 spiro atoms. The molecule has 0 amide bonds. The lowest BCUT2D eigenvalue weighted by molar-refractivity contribution is 0.594. The molecule has 4 aromatic heterocycles. The van der Waals surface area contributed by atoms with Crippen LogP contribution in [0.2, 0.25) is 0 Å². The highest BCUT2D eigenvalue weighted by Crippen LogP contribution is 2.32. The van der Waals surface area contributed by atoms with Gasteiger partial charge in [0.1, 0.15) is 11.8 Å². The van der Waals surface area contributed by atoms with Crippen molar-refractivity contribution >= 4 is 48.6 Å². The van der Waals surface area contributed by atoms with Gasteiger partial charge in [0, 0.05) is 30.4 Å². The topological polar surface area (TPSA) is 117 Å². The van der Waals surface area contributed by atoms with Crippen molar-refractivity contribution in [3.05, 3.63) is 100.0 Å². The third-order valence-corrected chi connectivity index (χ3v) is 9.66. The minimum Gasteiger partial charge on any atom is -0.323 e. The predicted octanol–water partition coefficient (Wildman–Crippen LogP) is 3.49. The largest absolute Gasteiger partial charge is 0.323 e. The van der Waals surface area contributed by atoms with E-state index in [1.165, 1.54) is 16.0 Å². The van der Waals surface area contributed by atoms with Gasteiger partial charge in [-0.15, -0.1) is 0 Å². The van der Waals surface area contributed by atoms with Crippen LogP contribution in [0.15, 0.2) is 81.9 Å². The molecule has 0 saturated heterocycles. The lowest BCUT2D eigenvalue weighted by Gasteiger charge is -2.09. The Morgan fingerprint density at radius 1 is 1.08 bits per heavy atom. The number of nitrogens with zero attached hydrogens (tertiary/aromatic N) is 7. The van der Waals surface area contributed by atoms with E-state index in [0.29, 0.717) is 35.1 Å². The fraction of sp³-hybridized carbons (Fsp3) is 0.148. The number of fused-ring (bicyclic) bond motifs is 4. The number of sulfone groups is 1. The average Bonchev–Trinajstić information content (AvgIpc) is 3.72. The van der Waals surface area contributed by atoms with E-state index in [-0.39, 0.29) is 16.2 Å². The van der Waals surface area contributed by atoms with Crippen molar-refractivity contribution in [3.8, 4) is 5.13 Å². The van der Waals surface area contributed by atoms with Crippen LogP contribution in [0.25, 0.3) is 26.4 Å². The number of rotatable bonds is 6. The molecule has 0 fully saturated rings. The first-order valence-corrected chi connectivity index (χ1v) is 14.6. The highest BCUT2D eigenvalue weighted by Gasteiger charge is 2.21. The average molecular weight is 556 g/mol. The van der Waals surface area contributed by atoms with Crippen LogP contribution in [0.3, 0.4) is 0 Å². The van der Waals surface area contributed by atoms with Gasteiger partial charge in [0.05, 0.1) is 40.3 Å². The summed E-state index contributed by atoms with van der Waals surface area (Å²) in [6.45, 7) is 1.01. The van der Waals surface area contributed by atoms with Gasteiger partial charge in [-0.1, -0.05) is 47.7 Å². The summed E-state index contributed by atoms with van der Waals surface area (Å²) in [6.07, 6.45) is 6.80. The molecule has 0 N–H and O–H groups in total. The monoisotopic (exact) mass is 555 g/mol. The van der Waals surface area contributed by atoms with Gasteiger partial charge in [-0.2, -0.15) is 5.10 Å².